The number of nitrogens with zero attached hydrogens (tertiary/aromatic N) is 4. The fourth-order valence-electron chi connectivity index (χ4n) is 6.49. The summed E-state index contributed by atoms with van der Waals surface area (Å²) in [5.41, 5.74) is 1.80. The van der Waals surface area contributed by atoms with E-state index in [2.05, 4.69) is 25.6 Å². The lowest BCUT2D eigenvalue weighted by Crippen LogP contribution is -2.55. The van der Waals surface area contributed by atoms with E-state index >= 15 is 0 Å². The van der Waals surface area contributed by atoms with Gasteiger partial charge < -0.3 is 10.6 Å². The number of thiazole rings is 1. The summed E-state index contributed by atoms with van der Waals surface area (Å²) in [7, 11) is 0. The van der Waals surface area contributed by atoms with E-state index in [0.717, 1.165) is 52.8 Å². The monoisotopic (exact) mass is 436 g/mol. The third-order valence-electron chi connectivity index (χ3n) is 7.27. The van der Waals surface area contributed by atoms with Crippen molar-refractivity contribution in [2.24, 2.45) is 17.8 Å². The van der Waals surface area contributed by atoms with Crippen LogP contribution in [-0.4, -0.2) is 25.4 Å². The molecule has 4 fully saturated rings. The average Bonchev–Trinajstić information content (AvgIpc) is 3.10. The van der Waals surface area contributed by atoms with Crippen LogP contribution in [0.2, 0.25) is 0 Å². The molecule has 3 aromatic rings. The zero-order valence-electron chi connectivity index (χ0n) is 17.3. The summed E-state index contributed by atoms with van der Waals surface area (Å²) >= 11 is 1.46. The standard InChI is InChI=1S/C22H24N6O2S/c1-12-3-2-4-16-17(12)25-21(31-16)26-19-18(28(29)30)20(24-11-23-19)27-22-8-13-5-14(9-22)7-15(6-13)10-22/h2-4,11,13-15H,5-10H2,1H3,(H2,23,24,25,26,27). The van der Waals surface area contributed by atoms with Gasteiger partial charge in [-0.25, -0.2) is 15.0 Å². The number of benzene rings is 1. The first kappa shape index (κ1) is 18.9. The van der Waals surface area contributed by atoms with Gasteiger partial charge in [-0.2, -0.15) is 0 Å². The highest BCUT2D eigenvalue weighted by Gasteiger charge is 2.51. The Morgan fingerprint density at radius 1 is 1.10 bits per heavy atom. The smallest absolute Gasteiger partial charge is 0.353 e. The number of rotatable bonds is 5. The van der Waals surface area contributed by atoms with Crippen molar-refractivity contribution in [1.29, 1.82) is 0 Å². The van der Waals surface area contributed by atoms with E-state index in [1.807, 2.05) is 25.1 Å². The summed E-state index contributed by atoms with van der Waals surface area (Å²) < 4.78 is 1.03. The molecule has 0 aliphatic heterocycles. The molecule has 2 N–H and O–H groups in total. The van der Waals surface area contributed by atoms with Crippen molar-refractivity contribution in [1.82, 2.24) is 15.0 Å². The number of fused-ring (bicyclic) bond motifs is 1. The number of aryl methyl sites for hydroxylation is 1. The van der Waals surface area contributed by atoms with Crippen LogP contribution in [0.1, 0.15) is 44.1 Å². The largest absolute Gasteiger partial charge is 0.359 e. The fourth-order valence-corrected chi connectivity index (χ4v) is 7.43. The Morgan fingerprint density at radius 2 is 1.77 bits per heavy atom. The number of hydrogen-bond acceptors (Lipinski definition) is 8. The van der Waals surface area contributed by atoms with E-state index in [1.165, 1.54) is 36.9 Å². The Labute approximate surface area is 183 Å². The maximum absolute atomic E-state index is 12.1. The summed E-state index contributed by atoms with van der Waals surface area (Å²) in [4.78, 5) is 24.8. The van der Waals surface area contributed by atoms with E-state index in [4.69, 9.17) is 0 Å². The number of aromatic nitrogens is 3. The van der Waals surface area contributed by atoms with Crippen LogP contribution in [-0.2, 0) is 0 Å². The molecule has 31 heavy (non-hydrogen) atoms. The summed E-state index contributed by atoms with van der Waals surface area (Å²) in [6.45, 7) is 2.01. The van der Waals surface area contributed by atoms with Crippen molar-refractivity contribution in [3.63, 3.8) is 0 Å². The van der Waals surface area contributed by atoms with Gasteiger partial charge in [-0.15, -0.1) is 0 Å². The average molecular weight is 437 g/mol. The molecule has 4 bridgehead atoms. The number of hydrogen-bond donors (Lipinski definition) is 2. The fraction of sp³-hybridized carbons (Fsp3) is 0.500. The van der Waals surface area contributed by atoms with Crippen LogP contribution < -0.4 is 10.6 Å². The summed E-state index contributed by atoms with van der Waals surface area (Å²) in [5, 5.41) is 19.3. The van der Waals surface area contributed by atoms with E-state index in [1.54, 1.807) is 0 Å². The molecule has 4 aliphatic carbocycles. The van der Waals surface area contributed by atoms with Crippen LogP contribution in [0.5, 0.6) is 0 Å². The van der Waals surface area contributed by atoms with Gasteiger partial charge in [0.15, 0.2) is 5.13 Å². The second-order valence-corrected chi connectivity index (χ2v) is 10.6. The molecule has 0 spiro atoms. The minimum atomic E-state index is -0.385. The third-order valence-corrected chi connectivity index (χ3v) is 8.21. The van der Waals surface area contributed by atoms with Gasteiger partial charge in [0.05, 0.1) is 15.1 Å². The summed E-state index contributed by atoms with van der Waals surface area (Å²) in [6.07, 6.45) is 8.60. The van der Waals surface area contributed by atoms with Gasteiger partial charge >= 0.3 is 5.69 Å². The van der Waals surface area contributed by atoms with Gasteiger partial charge in [0.2, 0.25) is 11.6 Å². The third kappa shape index (κ3) is 3.22. The van der Waals surface area contributed by atoms with Gasteiger partial charge in [-0.05, 0) is 74.8 Å². The maximum atomic E-state index is 12.1. The Balaban J connectivity index is 1.34. The zero-order valence-corrected chi connectivity index (χ0v) is 18.1. The predicted molar refractivity (Wildman–Crippen MR) is 121 cm³/mol. The Morgan fingerprint density at radius 3 is 2.42 bits per heavy atom. The van der Waals surface area contributed by atoms with Crippen molar-refractivity contribution < 1.29 is 4.92 Å². The second kappa shape index (κ2) is 6.85. The second-order valence-electron chi connectivity index (χ2n) is 9.57. The Kier molecular flexibility index (Phi) is 4.18. The molecule has 160 valence electrons. The van der Waals surface area contributed by atoms with Crippen LogP contribution >= 0.6 is 11.3 Å². The Bertz CT molecular complexity index is 1160. The highest BCUT2D eigenvalue weighted by molar-refractivity contribution is 7.22. The van der Waals surface area contributed by atoms with Crippen LogP contribution in [0, 0.1) is 34.8 Å². The van der Waals surface area contributed by atoms with Gasteiger partial charge in [-0.3, -0.25) is 10.1 Å². The first-order chi connectivity index (χ1) is 15.0. The van der Waals surface area contributed by atoms with E-state index in [0.29, 0.717) is 10.9 Å². The minimum absolute atomic E-state index is 0.0713. The molecular formula is C22H24N6O2S. The molecule has 7 rings (SSSR count). The summed E-state index contributed by atoms with van der Waals surface area (Å²) in [6, 6.07) is 5.99. The molecule has 0 atom stereocenters. The first-order valence-corrected chi connectivity index (χ1v) is 11.7. The molecule has 0 amide bonds. The van der Waals surface area contributed by atoms with Crippen LogP contribution in [0.25, 0.3) is 10.2 Å². The lowest BCUT2D eigenvalue weighted by atomic mass is 9.53. The van der Waals surface area contributed by atoms with Gasteiger partial charge in [0, 0.05) is 5.54 Å². The molecule has 4 saturated carbocycles. The number of nitrogens with one attached hydrogen (secondary N) is 2. The number of para-hydroxylation sites is 1. The van der Waals surface area contributed by atoms with E-state index in [9.17, 15) is 10.1 Å². The van der Waals surface area contributed by atoms with Gasteiger partial charge in [0.25, 0.3) is 0 Å². The van der Waals surface area contributed by atoms with E-state index < -0.39 is 0 Å². The molecule has 4 aliphatic rings. The lowest BCUT2D eigenvalue weighted by molar-refractivity contribution is -0.383. The van der Waals surface area contributed by atoms with Crippen molar-refractivity contribution in [2.45, 2.75) is 51.0 Å². The predicted octanol–water partition coefficient (Wildman–Crippen LogP) is 5.43. The topological polar surface area (TPSA) is 106 Å². The van der Waals surface area contributed by atoms with E-state index in [-0.39, 0.29) is 22.0 Å². The maximum Gasteiger partial charge on any atom is 0.353 e. The quantitative estimate of drug-likeness (QED) is 0.406. The molecule has 0 saturated heterocycles. The van der Waals surface area contributed by atoms with Crippen LogP contribution in [0.15, 0.2) is 24.5 Å². The lowest BCUT2D eigenvalue weighted by Gasteiger charge is -2.57. The van der Waals surface area contributed by atoms with Gasteiger partial charge in [-0.1, -0.05) is 23.5 Å². The van der Waals surface area contributed by atoms with Crippen molar-refractivity contribution >= 4 is 44.0 Å². The molecule has 2 heterocycles. The van der Waals surface area contributed by atoms with Crippen LogP contribution in [0.3, 0.4) is 0 Å². The van der Waals surface area contributed by atoms with Crippen molar-refractivity contribution in [3.05, 3.63) is 40.2 Å². The Hall–Kier alpha value is -2.81. The first-order valence-electron chi connectivity index (χ1n) is 10.9. The molecule has 0 radical (unpaired) electrons. The van der Waals surface area contributed by atoms with Crippen molar-refractivity contribution in [2.75, 3.05) is 10.6 Å². The molecule has 2 aromatic heterocycles. The van der Waals surface area contributed by atoms with Gasteiger partial charge in [0.1, 0.15) is 6.33 Å². The molecule has 9 heteroatoms. The summed E-state index contributed by atoms with van der Waals surface area (Å²) in [5.74, 6) is 2.72. The number of anilines is 3. The minimum Gasteiger partial charge on any atom is -0.359 e. The molecule has 8 nitrogen and oxygen atoms in total. The highest BCUT2D eigenvalue weighted by atomic mass is 32.1. The zero-order chi connectivity index (χ0) is 21.2. The van der Waals surface area contributed by atoms with Crippen LogP contribution in [0.4, 0.5) is 22.5 Å². The normalized spacial score (nSPS) is 28.7. The molecule has 0 unspecified atom stereocenters. The molecule has 1 aromatic carbocycles. The SMILES string of the molecule is Cc1cccc2sc(Nc3ncnc(NC45CC6CC(CC(C6)C4)C5)c3[N+](=O)[O-])nc12. The highest BCUT2D eigenvalue weighted by Crippen LogP contribution is 2.57. The van der Waals surface area contributed by atoms with Crippen molar-refractivity contribution in [3.8, 4) is 0 Å². The molecular weight excluding hydrogens is 412 g/mol. The number of nitro groups is 1.